The lowest BCUT2D eigenvalue weighted by molar-refractivity contribution is -0.132. The van der Waals surface area contributed by atoms with E-state index in [2.05, 4.69) is 15.3 Å². The monoisotopic (exact) mass is 431 g/mol. The van der Waals surface area contributed by atoms with E-state index < -0.39 is 22.7 Å². The Bertz CT molecular complexity index is 1350. The molecule has 0 saturated carbocycles. The predicted octanol–water partition coefficient (Wildman–Crippen LogP) is 0.875. The number of aromatic amines is 1. The average molecular weight is 431 g/mol. The molecule has 0 aliphatic carbocycles. The van der Waals surface area contributed by atoms with E-state index in [9.17, 15) is 19.2 Å². The Labute approximate surface area is 182 Å². The van der Waals surface area contributed by atoms with Crippen LogP contribution in [0.1, 0.15) is 29.2 Å². The maximum absolute atomic E-state index is 13.4. The maximum Gasteiger partial charge on any atom is 0.328 e. The van der Waals surface area contributed by atoms with E-state index >= 15 is 0 Å². The van der Waals surface area contributed by atoms with Crippen LogP contribution < -0.4 is 16.6 Å². The summed E-state index contributed by atoms with van der Waals surface area (Å²) in [5.41, 5.74) is 0.547. The second-order valence-electron chi connectivity index (χ2n) is 8.16. The molecule has 2 unspecified atom stereocenters. The number of likely N-dealkylation sites (tertiary alicyclic amines) is 1. The first kappa shape index (κ1) is 19.9. The molecule has 3 aromatic rings. The number of aromatic nitrogens is 3. The number of amides is 2. The minimum atomic E-state index is -0.939. The summed E-state index contributed by atoms with van der Waals surface area (Å²) in [4.78, 5) is 59.2. The number of anilines is 1. The molecule has 9 nitrogen and oxygen atoms in total. The number of pyridine rings is 1. The van der Waals surface area contributed by atoms with Gasteiger partial charge in [-0.2, -0.15) is 0 Å². The number of benzene rings is 1. The van der Waals surface area contributed by atoms with Crippen LogP contribution in [0.2, 0.25) is 0 Å². The number of carbonyl (C=O) groups is 2. The molecule has 9 heteroatoms. The third-order valence-corrected chi connectivity index (χ3v) is 6.50. The van der Waals surface area contributed by atoms with Gasteiger partial charge in [0.25, 0.3) is 5.56 Å². The van der Waals surface area contributed by atoms with Crippen LogP contribution in [0.3, 0.4) is 0 Å². The fourth-order valence-corrected chi connectivity index (χ4v) is 4.96. The molecule has 5 rings (SSSR count). The number of nitrogens with one attached hydrogen (secondary N) is 2. The van der Waals surface area contributed by atoms with Crippen molar-refractivity contribution in [2.75, 3.05) is 11.9 Å². The molecule has 0 radical (unpaired) electrons. The number of H-pyrrole nitrogens is 1. The standard InChI is InChI=1S/C23H21N5O4/c1-27-20(30)15(13-25-22(27)32)11-18(29)28-10-8-23(19(28)14-5-4-9-24-12-14)16-6-2-3-7-17(16)26-21(23)31/h2-7,9,12-13,19H,8,10-11H2,1H3,(H,25,32)(H,26,31). The Balaban J connectivity index is 1.59. The van der Waals surface area contributed by atoms with Crippen LogP contribution in [0.15, 0.2) is 64.6 Å². The van der Waals surface area contributed by atoms with Gasteiger partial charge in [0.2, 0.25) is 11.8 Å². The van der Waals surface area contributed by atoms with Gasteiger partial charge in [0.15, 0.2) is 0 Å². The number of fused-ring (bicyclic) bond motifs is 2. The van der Waals surface area contributed by atoms with Crippen molar-refractivity contribution in [1.29, 1.82) is 0 Å². The Morgan fingerprint density at radius 1 is 1.19 bits per heavy atom. The molecule has 162 valence electrons. The highest BCUT2D eigenvalue weighted by Crippen LogP contribution is 2.54. The van der Waals surface area contributed by atoms with E-state index in [4.69, 9.17) is 0 Å². The highest BCUT2D eigenvalue weighted by Gasteiger charge is 2.59. The maximum atomic E-state index is 13.4. The second-order valence-corrected chi connectivity index (χ2v) is 8.16. The molecule has 4 heterocycles. The van der Waals surface area contributed by atoms with E-state index in [1.807, 2.05) is 30.3 Å². The molecular formula is C23H21N5O4. The van der Waals surface area contributed by atoms with Gasteiger partial charge >= 0.3 is 5.69 Å². The topological polar surface area (TPSA) is 117 Å². The van der Waals surface area contributed by atoms with E-state index in [1.54, 1.807) is 23.4 Å². The number of carbonyl (C=O) groups excluding carboxylic acids is 2. The van der Waals surface area contributed by atoms with Crippen molar-refractivity contribution >= 4 is 17.5 Å². The molecule has 1 aromatic carbocycles. The SMILES string of the molecule is Cn1c(=O)[nH]cc(CC(=O)N2CCC3(C(=O)Nc4ccccc43)C2c2cccnc2)c1=O. The van der Waals surface area contributed by atoms with Gasteiger partial charge in [-0.05, 0) is 29.7 Å². The zero-order valence-electron chi connectivity index (χ0n) is 17.4. The third-order valence-electron chi connectivity index (χ3n) is 6.50. The third kappa shape index (κ3) is 2.81. The summed E-state index contributed by atoms with van der Waals surface area (Å²) >= 11 is 0. The van der Waals surface area contributed by atoms with Crippen molar-refractivity contribution < 1.29 is 9.59 Å². The number of nitrogens with zero attached hydrogens (tertiary/aromatic N) is 3. The quantitative estimate of drug-likeness (QED) is 0.638. The number of para-hydroxylation sites is 1. The lowest BCUT2D eigenvalue weighted by atomic mass is 9.73. The van der Waals surface area contributed by atoms with E-state index in [0.717, 1.165) is 21.4 Å². The van der Waals surface area contributed by atoms with Gasteiger partial charge in [-0.15, -0.1) is 0 Å². The molecule has 2 atom stereocenters. The van der Waals surface area contributed by atoms with Gasteiger partial charge in [-0.25, -0.2) is 4.79 Å². The highest BCUT2D eigenvalue weighted by atomic mass is 16.2. The van der Waals surface area contributed by atoms with Gasteiger partial charge in [0.1, 0.15) is 5.41 Å². The minimum Gasteiger partial charge on any atom is -0.334 e. The summed E-state index contributed by atoms with van der Waals surface area (Å²) in [5.74, 6) is -0.445. The van der Waals surface area contributed by atoms with Gasteiger partial charge in [-0.3, -0.25) is 23.9 Å². The number of hydrogen-bond donors (Lipinski definition) is 2. The summed E-state index contributed by atoms with van der Waals surface area (Å²) < 4.78 is 0.938. The van der Waals surface area contributed by atoms with Crippen molar-refractivity contribution in [2.24, 2.45) is 7.05 Å². The zero-order valence-corrected chi connectivity index (χ0v) is 17.4. The summed E-state index contributed by atoms with van der Waals surface area (Å²) in [7, 11) is 1.36. The molecule has 2 aliphatic rings. The molecule has 32 heavy (non-hydrogen) atoms. The Kier molecular flexibility index (Phi) is 4.54. The van der Waals surface area contributed by atoms with Gasteiger partial charge in [0.05, 0.1) is 12.5 Å². The molecule has 1 spiro atoms. The lowest BCUT2D eigenvalue weighted by Crippen LogP contribution is -2.43. The lowest BCUT2D eigenvalue weighted by Gasteiger charge is -2.34. The first-order valence-corrected chi connectivity index (χ1v) is 10.3. The fourth-order valence-electron chi connectivity index (χ4n) is 4.96. The van der Waals surface area contributed by atoms with E-state index in [0.29, 0.717) is 13.0 Å². The van der Waals surface area contributed by atoms with Crippen LogP contribution >= 0.6 is 0 Å². The number of rotatable bonds is 3. The Morgan fingerprint density at radius 2 is 2.00 bits per heavy atom. The zero-order chi connectivity index (χ0) is 22.5. The van der Waals surface area contributed by atoms with Crippen LogP contribution in [0.25, 0.3) is 0 Å². The second kappa shape index (κ2) is 7.30. The molecule has 0 bridgehead atoms. The first-order valence-electron chi connectivity index (χ1n) is 10.3. The molecule has 2 amide bonds. The van der Waals surface area contributed by atoms with Crippen molar-refractivity contribution in [3.05, 3.63) is 92.5 Å². The molecule has 2 aliphatic heterocycles. The predicted molar refractivity (Wildman–Crippen MR) is 116 cm³/mol. The van der Waals surface area contributed by atoms with E-state index in [1.165, 1.54) is 13.2 Å². The summed E-state index contributed by atoms with van der Waals surface area (Å²) in [6.45, 7) is 0.351. The molecule has 1 fully saturated rings. The Hall–Kier alpha value is -4.01. The van der Waals surface area contributed by atoms with Crippen LogP contribution in [-0.4, -0.2) is 37.8 Å². The fraction of sp³-hybridized carbons (Fsp3) is 0.261. The summed E-state index contributed by atoms with van der Waals surface area (Å²) in [5, 5.41) is 2.97. The largest absolute Gasteiger partial charge is 0.334 e. The minimum absolute atomic E-state index is 0.150. The van der Waals surface area contributed by atoms with Crippen LogP contribution in [0.4, 0.5) is 5.69 Å². The van der Waals surface area contributed by atoms with Crippen molar-refractivity contribution in [3.8, 4) is 0 Å². The van der Waals surface area contributed by atoms with Gasteiger partial charge in [-0.1, -0.05) is 24.3 Å². The van der Waals surface area contributed by atoms with Crippen LogP contribution in [0.5, 0.6) is 0 Å². The van der Waals surface area contributed by atoms with Crippen LogP contribution in [0, 0.1) is 0 Å². The smallest absolute Gasteiger partial charge is 0.328 e. The van der Waals surface area contributed by atoms with Crippen molar-refractivity contribution in [2.45, 2.75) is 24.3 Å². The first-order chi connectivity index (χ1) is 15.4. The highest BCUT2D eigenvalue weighted by molar-refractivity contribution is 6.07. The molecule has 2 N–H and O–H groups in total. The normalized spacial score (nSPS) is 21.6. The van der Waals surface area contributed by atoms with E-state index in [-0.39, 0.29) is 23.8 Å². The summed E-state index contributed by atoms with van der Waals surface area (Å²) in [6.07, 6.45) is 4.87. The van der Waals surface area contributed by atoms with Gasteiger partial charge in [0, 0.05) is 43.4 Å². The Morgan fingerprint density at radius 3 is 2.78 bits per heavy atom. The van der Waals surface area contributed by atoms with Gasteiger partial charge < -0.3 is 15.2 Å². The van der Waals surface area contributed by atoms with Crippen molar-refractivity contribution in [3.63, 3.8) is 0 Å². The van der Waals surface area contributed by atoms with Crippen LogP contribution in [-0.2, 0) is 28.5 Å². The average Bonchev–Trinajstić information content (AvgIpc) is 3.34. The molecule has 2 aromatic heterocycles. The molecule has 1 saturated heterocycles. The van der Waals surface area contributed by atoms with Crippen molar-refractivity contribution in [1.82, 2.24) is 19.4 Å². The summed E-state index contributed by atoms with van der Waals surface area (Å²) in [6, 6.07) is 10.6. The number of hydrogen-bond acceptors (Lipinski definition) is 5. The molecular weight excluding hydrogens is 410 g/mol.